The molecule has 0 radical (unpaired) electrons. The molecule has 2 aromatic rings. The van der Waals surface area contributed by atoms with Gasteiger partial charge >= 0.3 is 5.97 Å². The van der Waals surface area contributed by atoms with Crippen LogP contribution in [0.2, 0.25) is 0 Å². The Morgan fingerprint density at radius 2 is 1.34 bits per heavy atom. The molecule has 0 spiro atoms. The molecule has 0 aliphatic heterocycles. The van der Waals surface area contributed by atoms with E-state index in [4.69, 9.17) is 4.74 Å². The van der Waals surface area contributed by atoms with Crippen LogP contribution in [-0.2, 0) is 18.7 Å². The molecular formula is C26H36O4P2. The van der Waals surface area contributed by atoms with Crippen LogP contribution in [0.3, 0.4) is 0 Å². The fraction of sp³-hybridized carbons (Fsp3) is 0.500. The number of ether oxygens (including phenoxy) is 1. The first-order valence-corrected chi connectivity index (χ1v) is 15.4. The summed E-state index contributed by atoms with van der Waals surface area (Å²) < 4.78 is 34.5. The summed E-state index contributed by atoms with van der Waals surface area (Å²) in [5, 5.41) is 1.62. The van der Waals surface area contributed by atoms with Crippen LogP contribution in [0.25, 0.3) is 0 Å². The zero-order valence-corrected chi connectivity index (χ0v) is 21.6. The summed E-state index contributed by atoms with van der Waals surface area (Å²) >= 11 is 0. The fourth-order valence-electron chi connectivity index (χ4n) is 5.40. The monoisotopic (exact) mass is 474 g/mol. The van der Waals surface area contributed by atoms with Crippen molar-refractivity contribution in [2.45, 2.75) is 70.5 Å². The smallest absolute Gasteiger partial charge is 0.302 e. The SMILES string of the molecule is CC(=O)O[C@@H]1C[C@H](P(=O)(C(C)C)C(C)C)C[C@H]1CP(=O)(c1ccccc1)c1ccccc1. The topological polar surface area (TPSA) is 60.4 Å². The van der Waals surface area contributed by atoms with Crippen molar-refractivity contribution >= 4 is 30.9 Å². The van der Waals surface area contributed by atoms with Gasteiger partial charge in [0.25, 0.3) is 0 Å². The summed E-state index contributed by atoms with van der Waals surface area (Å²) in [7, 11) is -5.48. The average molecular weight is 475 g/mol. The lowest BCUT2D eigenvalue weighted by molar-refractivity contribution is -0.147. The number of carbonyl (C=O) groups is 1. The van der Waals surface area contributed by atoms with Crippen LogP contribution < -0.4 is 10.6 Å². The number of benzene rings is 2. The highest BCUT2D eigenvalue weighted by molar-refractivity contribution is 7.78. The normalized spacial score (nSPS) is 21.8. The molecule has 1 aliphatic carbocycles. The molecule has 0 N–H and O–H groups in total. The maximum Gasteiger partial charge on any atom is 0.302 e. The molecule has 1 aliphatic rings. The largest absolute Gasteiger partial charge is 0.462 e. The van der Waals surface area contributed by atoms with Crippen LogP contribution in [-0.4, -0.2) is 35.2 Å². The zero-order chi connectivity index (χ0) is 23.5. The third kappa shape index (κ3) is 4.97. The molecule has 0 bridgehead atoms. The van der Waals surface area contributed by atoms with Gasteiger partial charge in [-0.1, -0.05) is 88.4 Å². The van der Waals surface area contributed by atoms with Crippen molar-refractivity contribution in [1.82, 2.24) is 0 Å². The average Bonchev–Trinajstić information content (AvgIpc) is 3.15. The maximum absolute atomic E-state index is 14.6. The fourth-order valence-corrected chi connectivity index (χ4v) is 12.5. The third-order valence-electron chi connectivity index (χ3n) is 6.95. The Morgan fingerprint density at radius 3 is 1.75 bits per heavy atom. The Morgan fingerprint density at radius 1 is 0.875 bits per heavy atom. The number of hydrogen-bond acceptors (Lipinski definition) is 4. The van der Waals surface area contributed by atoms with E-state index >= 15 is 0 Å². The van der Waals surface area contributed by atoms with Crippen molar-refractivity contribution in [1.29, 1.82) is 0 Å². The standard InChI is InChI=1S/C26H36O4P2/c1-19(2)32(29,20(3)4)25-16-22(26(17-25)30-21(5)27)18-31(28,23-12-8-6-9-13-23)24-14-10-7-11-15-24/h6-15,19-20,22,25-26H,16-18H2,1-5H3/t22-,25+,26+/m0/s1. The molecule has 4 nitrogen and oxygen atoms in total. The lowest BCUT2D eigenvalue weighted by Crippen LogP contribution is -2.28. The van der Waals surface area contributed by atoms with E-state index in [2.05, 4.69) is 0 Å². The van der Waals surface area contributed by atoms with E-state index in [1.165, 1.54) is 6.92 Å². The summed E-state index contributed by atoms with van der Waals surface area (Å²) in [5.41, 5.74) is 0.121. The Bertz CT molecular complexity index is 946. The highest BCUT2D eigenvalue weighted by Gasteiger charge is 2.49. The van der Waals surface area contributed by atoms with Gasteiger partial charge in [0, 0.05) is 46.6 Å². The molecule has 0 aromatic heterocycles. The lowest BCUT2D eigenvalue weighted by atomic mass is 10.1. The van der Waals surface area contributed by atoms with Crippen LogP contribution in [0.5, 0.6) is 0 Å². The quantitative estimate of drug-likeness (QED) is 0.354. The van der Waals surface area contributed by atoms with Gasteiger partial charge in [-0.2, -0.15) is 0 Å². The Labute approximate surface area is 192 Å². The van der Waals surface area contributed by atoms with Crippen molar-refractivity contribution in [3.63, 3.8) is 0 Å². The second kappa shape index (κ2) is 10.1. The van der Waals surface area contributed by atoms with E-state index in [1.54, 1.807) is 0 Å². The van der Waals surface area contributed by atoms with Gasteiger partial charge in [0.05, 0.1) is 7.14 Å². The minimum absolute atomic E-state index is 0.0168. The molecule has 3 rings (SSSR count). The predicted molar refractivity (Wildman–Crippen MR) is 135 cm³/mol. The molecule has 6 heteroatoms. The van der Waals surface area contributed by atoms with Crippen LogP contribution >= 0.6 is 14.3 Å². The first kappa shape index (κ1) is 25.0. The number of carbonyl (C=O) groups excluding carboxylic acids is 1. The first-order valence-electron chi connectivity index (χ1n) is 11.6. The van der Waals surface area contributed by atoms with E-state index in [0.29, 0.717) is 19.0 Å². The minimum Gasteiger partial charge on any atom is -0.462 e. The van der Waals surface area contributed by atoms with E-state index < -0.39 is 14.3 Å². The second-order valence-electron chi connectivity index (χ2n) is 9.58. The van der Waals surface area contributed by atoms with Gasteiger partial charge in [0.15, 0.2) is 0 Å². The van der Waals surface area contributed by atoms with Gasteiger partial charge < -0.3 is 13.9 Å². The number of rotatable bonds is 8. The van der Waals surface area contributed by atoms with E-state index in [0.717, 1.165) is 10.6 Å². The molecular weight excluding hydrogens is 438 g/mol. The van der Waals surface area contributed by atoms with E-state index in [9.17, 15) is 13.9 Å². The molecule has 0 amide bonds. The Hall–Kier alpha value is -1.63. The van der Waals surface area contributed by atoms with Crippen LogP contribution in [0.1, 0.15) is 47.5 Å². The van der Waals surface area contributed by atoms with Crippen LogP contribution in [0.15, 0.2) is 60.7 Å². The van der Waals surface area contributed by atoms with Gasteiger partial charge in [-0.05, 0) is 12.8 Å². The van der Waals surface area contributed by atoms with E-state index in [1.807, 2.05) is 88.4 Å². The van der Waals surface area contributed by atoms with Gasteiger partial charge in [-0.15, -0.1) is 0 Å². The zero-order valence-electron chi connectivity index (χ0n) is 19.8. The van der Waals surface area contributed by atoms with Gasteiger partial charge in [0.1, 0.15) is 13.2 Å². The molecule has 0 unspecified atom stereocenters. The van der Waals surface area contributed by atoms with Crippen LogP contribution in [0.4, 0.5) is 0 Å². The summed E-state index contributed by atoms with van der Waals surface area (Å²) in [4.78, 5) is 11.9. The van der Waals surface area contributed by atoms with Crippen molar-refractivity contribution in [2.24, 2.45) is 5.92 Å². The third-order valence-corrected chi connectivity index (χ3v) is 15.0. The van der Waals surface area contributed by atoms with Crippen molar-refractivity contribution in [3.05, 3.63) is 60.7 Å². The van der Waals surface area contributed by atoms with Crippen molar-refractivity contribution in [3.8, 4) is 0 Å². The summed E-state index contributed by atoms with van der Waals surface area (Å²) in [6, 6.07) is 19.2. The summed E-state index contributed by atoms with van der Waals surface area (Å²) in [6.07, 6.45) is 1.31. The van der Waals surface area contributed by atoms with Gasteiger partial charge in [-0.3, -0.25) is 4.79 Å². The van der Waals surface area contributed by atoms with E-state index in [-0.39, 0.29) is 35.0 Å². The van der Waals surface area contributed by atoms with Gasteiger partial charge in [0.2, 0.25) is 0 Å². The lowest BCUT2D eigenvalue weighted by Gasteiger charge is -2.32. The molecule has 32 heavy (non-hydrogen) atoms. The summed E-state index contributed by atoms with van der Waals surface area (Å²) in [6.45, 7) is 9.56. The number of esters is 1. The second-order valence-corrected chi connectivity index (χ2v) is 16.8. The first-order chi connectivity index (χ1) is 15.1. The van der Waals surface area contributed by atoms with Gasteiger partial charge in [-0.25, -0.2) is 0 Å². The predicted octanol–water partition coefficient (Wildman–Crippen LogP) is 5.89. The Balaban J connectivity index is 2.01. The van der Waals surface area contributed by atoms with Crippen LogP contribution in [0, 0.1) is 5.92 Å². The summed E-state index contributed by atoms with van der Waals surface area (Å²) in [5.74, 6) is -0.431. The maximum atomic E-state index is 14.6. The molecule has 0 heterocycles. The molecule has 2 aromatic carbocycles. The molecule has 174 valence electrons. The Kier molecular flexibility index (Phi) is 7.89. The highest BCUT2D eigenvalue weighted by atomic mass is 31.2. The number of hydrogen-bond donors (Lipinski definition) is 0. The van der Waals surface area contributed by atoms with Crippen molar-refractivity contribution < 1.29 is 18.7 Å². The molecule has 3 atom stereocenters. The molecule has 0 saturated heterocycles. The molecule has 1 saturated carbocycles. The van der Waals surface area contributed by atoms with Crippen molar-refractivity contribution in [2.75, 3.05) is 6.16 Å². The minimum atomic E-state index is -2.96. The molecule has 1 fully saturated rings. The highest BCUT2D eigenvalue weighted by Crippen LogP contribution is 2.65.